The third-order valence-corrected chi connectivity index (χ3v) is 5.92. The van der Waals surface area contributed by atoms with Gasteiger partial charge in [-0.2, -0.15) is 4.37 Å². The molecular formula is C19H18ClN5O3S2. The van der Waals surface area contributed by atoms with E-state index in [-0.39, 0.29) is 25.0 Å². The van der Waals surface area contributed by atoms with E-state index in [0.29, 0.717) is 33.7 Å². The minimum Gasteiger partial charge on any atom is -0.463 e. The van der Waals surface area contributed by atoms with Crippen molar-refractivity contribution in [2.45, 2.75) is 7.43 Å². The number of anilines is 3. The summed E-state index contributed by atoms with van der Waals surface area (Å²) < 4.78 is 9.74. The number of thiophene rings is 1. The van der Waals surface area contributed by atoms with E-state index in [4.69, 9.17) is 21.7 Å². The highest BCUT2D eigenvalue weighted by Crippen LogP contribution is 2.25. The number of benzene rings is 1. The normalized spacial score (nSPS) is 12.8. The van der Waals surface area contributed by atoms with Gasteiger partial charge < -0.3 is 15.4 Å². The highest BCUT2D eigenvalue weighted by Gasteiger charge is 2.21. The van der Waals surface area contributed by atoms with E-state index >= 15 is 0 Å². The van der Waals surface area contributed by atoms with Gasteiger partial charge in [-0.25, -0.2) is 0 Å². The van der Waals surface area contributed by atoms with Crippen molar-refractivity contribution >= 4 is 69.4 Å². The van der Waals surface area contributed by atoms with Crippen LogP contribution >= 0.6 is 34.5 Å². The Morgan fingerprint density at radius 2 is 1.90 bits per heavy atom. The van der Waals surface area contributed by atoms with Gasteiger partial charge in [-0.1, -0.05) is 19.0 Å². The molecule has 0 unspecified atom stereocenters. The SMILES string of the molecule is C.N=C1OCCN1c1ccc(NC(=O)c2nscc2NC(=O)c2ccc(Cl)s2)cc1. The van der Waals surface area contributed by atoms with Gasteiger partial charge in [-0.3, -0.25) is 19.9 Å². The number of nitrogens with one attached hydrogen (secondary N) is 3. The first-order valence-electron chi connectivity index (χ1n) is 8.42. The third kappa shape index (κ3) is 4.61. The zero-order valence-corrected chi connectivity index (χ0v) is 17.2. The fourth-order valence-electron chi connectivity index (χ4n) is 2.68. The number of rotatable bonds is 5. The zero-order valence-electron chi connectivity index (χ0n) is 14.8. The summed E-state index contributed by atoms with van der Waals surface area (Å²) in [6.07, 6.45) is 0. The summed E-state index contributed by atoms with van der Waals surface area (Å²) in [5, 5.41) is 14.8. The number of halogens is 1. The largest absolute Gasteiger partial charge is 0.463 e. The Bertz CT molecular complexity index is 1080. The Morgan fingerprint density at radius 1 is 1.13 bits per heavy atom. The number of hydrogen-bond donors (Lipinski definition) is 3. The molecule has 2 amide bonds. The van der Waals surface area contributed by atoms with Gasteiger partial charge in [0.25, 0.3) is 17.8 Å². The first-order valence-corrected chi connectivity index (χ1v) is 10.5. The lowest BCUT2D eigenvalue weighted by Crippen LogP contribution is -2.23. The minimum absolute atomic E-state index is 0. The molecule has 30 heavy (non-hydrogen) atoms. The fourth-order valence-corrected chi connectivity index (χ4v) is 4.24. The predicted octanol–water partition coefficient (Wildman–Crippen LogP) is 4.77. The first kappa shape index (κ1) is 21.8. The zero-order chi connectivity index (χ0) is 20.4. The number of aromatic nitrogens is 1. The monoisotopic (exact) mass is 463 g/mol. The quantitative estimate of drug-likeness (QED) is 0.505. The molecule has 0 bridgehead atoms. The van der Waals surface area contributed by atoms with Crippen molar-refractivity contribution < 1.29 is 14.3 Å². The Hall–Kier alpha value is -2.95. The Kier molecular flexibility index (Phi) is 6.70. The maximum Gasteiger partial charge on any atom is 0.289 e. The number of hydrogen-bond acceptors (Lipinski definition) is 7. The summed E-state index contributed by atoms with van der Waals surface area (Å²) in [5.74, 6) is -0.786. The van der Waals surface area contributed by atoms with Crippen LogP contribution in [0.5, 0.6) is 0 Å². The van der Waals surface area contributed by atoms with Crippen LogP contribution in [-0.4, -0.2) is 35.4 Å². The second kappa shape index (κ2) is 9.24. The molecule has 0 radical (unpaired) electrons. The molecule has 8 nitrogen and oxygen atoms in total. The van der Waals surface area contributed by atoms with Crippen LogP contribution in [0, 0.1) is 5.41 Å². The molecule has 11 heteroatoms. The second-order valence-corrected chi connectivity index (χ2v) is 8.29. The van der Waals surface area contributed by atoms with Gasteiger partial charge >= 0.3 is 0 Å². The molecule has 1 saturated heterocycles. The maximum atomic E-state index is 12.6. The molecule has 156 valence electrons. The number of carbonyl (C=O) groups is 2. The first-order chi connectivity index (χ1) is 14.0. The van der Waals surface area contributed by atoms with Crippen LogP contribution in [-0.2, 0) is 4.74 Å². The summed E-state index contributed by atoms with van der Waals surface area (Å²) in [7, 11) is 0. The van der Waals surface area contributed by atoms with Crippen molar-refractivity contribution in [2.24, 2.45) is 0 Å². The Balaban J connectivity index is 0.00000256. The summed E-state index contributed by atoms with van der Waals surface area (Å²) in [6.45, 7) is 1.09. The number of ether oxygens (including phenoxy) is 1. The molecule has 3 aromatic rings. The second-order valence-electron chi connectivity index (χ2n) is 5.94. The number of nitrogens with zero attached hydrogens (tertiary/aromatic N) is 2. The van der Waals surface area contributed by atoms with Crippen molar-refractivity contribution in [3.8, 4) is 0 Å². The van der Waals surface area contributed by atoms with E-state index in [0.717, 1.165) is 28.6 Å². The lowest BCUT2D eigenvalue weighted by molar-refractivity contribution is 0.102. The van der Waals surface area contributed by atoms with Crippen LogP contribution in [0.15, 0.2) is 41.8 Å². The molecule has 0 saturated carbocycles. The topological polar surface area (TPSA) is 107 Å². The summed E-state index contributed by atoms with van der Waals surface area (Å²) in [5.41, 5.74) is 1.84. The number of carbonyl (C=O) groups excluding carboxylic acids is 2. The molecule has 1 aromatic carbocycles. The van der Waals surface area contributed by atoms with Crippen LogP contribution in [0.25, 0.3) is 0 Å². The van der Waals surface area contributed by atoms with Gasteiger partial charge in [-0.05, 0) is 47.9 Å². The van der Waals surface area contributed by atoms with Gasteiger partial charge in [0.2, 0.25) is 0 Å². The maximum absolute atomic E-state index is 12.6. The molecule has 0 spiro atoms. The fraction of sp³-hybridized carbons (Fsp3) is 0.158. The predicted molar refractivity (Wildman–Crippen MR) is 122 cm³/mol. The lowest BCUT2D eigenvalue weighted by atomic mass is 10.2. The van der Waals surface area contributed by atoms with Gasteiger partial charge in [0.1, 0.15) is 6.61 Å². The van der Waals surface area contributed by atoms with Crippen LogP contribution in [0.3, 0.4) is 0 Å². The molecule has 1 aliphatic rings. The lowest BCUT2D eigenvalue weighted by Gasteiger charge is -2.15. The van der Waals surface area contributed by atoms with E-state index in [1.165, 1.54) is 0 Å². The minimum atomic E-state index is -0.434. The number of amides is 2. The van der Waals surface area contributed by atoms with E-state index < -0.39 is 5.91 Å². The molecular weight excluding hydrogens is 446 g/mol. The molecule has 0 aliphatic carbocycles. The van der Waals surface area contributed by atoms with E-state index in [2.05, 4.69) is 15.0 Å². The van der Waals surface area contributed by atoms with Gasteiger partial charge in [0.15, 0.2) is 5.69 Å². The highest BCUT2D eigenvalue weighted by atomic mass is 35.5. The summed E-state index contributed by atoms with van der Waals surface area (Å²) in [6, 6.07) is 10.4. The Morgan fingerprint density at radius 3 is 2.53 bits per heavy atom. The van der Waals surface area contributed by atoms with Crippen LogP contribution in [0.4, 0.5) is 17.1 Å². The molecule has 1 aliphatic heterocycles. The number of amidine groups is 1. The van der Waals surface area contributed by atoms with E-state index in [1.54, 1.807) is 46.7 Å². The van der Waals surface area contributed by atoms with Crippen LogP contribution < -0.4 is 15.5 Å². The van der Waals surface area contributed by atoms with E-state index in [9.17, 15) is 9.59 Å². The third-order valence-electron chi connectivity index (χ3n) is 4.07. The molecule has 3 heterocycles. The average Bonchev–Trinajstić information content (AvgIpc) is 3.44. The van der Waals surface area contributed by atoms with E-state index in [1.807, 2.05) is 0 Å². The van der Waals surface area contributed by atoms with Crippen molar-refractivity contribution in [2.75, 3.05) is 28.7 Å². The van der Waals surface area contributed by atoms with Gasteiger partial charge in [0.05, 0.1) is 21.4 Å². The highest BCUT2D eigenvalue weighted by molar-refractivity contribution is 7.18. The van der Waals surface area contributed by atoms with Crippen LogP contribution in [0.1, 0.15) is 27.6 Å². The summed E-state index contributed by atoms with van der Waals surface area (Å²) >= 11 is 8.09. The molecule has 2 aromatic heterocycles. The van der Waals surface area contributed by atoms with Crippen molar-refractivity contribution in [1.82, 2.24) is 4.37 Å². The molecule has 4 rings (SSSR count). The standard InChI is InChI=1S/C18H14ClN5O3S2.CH4/c19-14-6-5-13(29-14)16(25)22-12-9-28-23-15(12)17(26)21-10-1-3-11(4-2-10)24-7-8-27-18(24)20;/h1-6,9,20H,7-8H2,(H,21,26)(H,22,25);1H4. The molecule has 3 N–H and O–H groups in total. The van der Waals surface area contributed by atoms with Crippen LogP contribution in [0.2, 0.25) is 4.34 Å². The average molecular weight is 464 g/mol. The van der Waals surface area contributed by atoms with Crippen molar-refractivity contribution in [3.63, 3.8) is 0 Å². The molecule has 0 atom stereocenters. The summed E-state index contributed by atoms with van der Waals surface area (Å²) in [4.78, 5) is 27.1. The van der Waals surface area contributed by atoms with Crippen molar-refractivity contribution in [3.05, 3.63) is 56.7 Å². The Labute approximate surface area is 186 Å². The van der Waals surface area contributed by atoms with Gasteiger partial charge in [0, 0.05) is 16.8 Å². The van der Waals surface area contributed by atoms with Crippen molar-refractivity contribution in [1.29, 1.82) is 5.41 Å². The van der Waals surface area contributed by atoms with Gasteiger partial charge in [-0.15, -0.1) is 11.3 Å². The smallest absolute Gasteiger partial charge is 0.289 e. The molecule has 1 fully saturated rings.